The monoisotopic (exact) mass is 435 g/mol. The summed E-state index contributed by atoms with van der Waals surface area (Å²) < 4.78 is 25.2. The largest absolute Gasteiger partial charge is 0.494 e. The van der Waals surface area contributed by atoms with Gasteiger partial charge in [-0.25, -0.2) is 9.18 Å². The highest BCUT2D eigenvalue weighted by molar-refractivity contribution is 5.91. The van der Waals surface area contributed by atoms with Crippen LogP contribution < -0.4 is 14.4 Å². The third kappa shape index (κ3) is 6.38. The molecule has 3 aromatic carbocycles. The molecule has 0 aliphatic heterocycles. The SMILES string of the molecule is CCCCOc1ccc(C(=O)Oc2ccc(N=Nc3ccc(N(C)C)cc3)cc2F)cc1. The Morgan fingerprint density at radius 1 is 0.938 bits per heavy atom. The fourth-order valence-corrected chi connectivity index (χ4v) is 2.75. The molecule has 3 rings (SSSR count). The second-order valence-corrected chi connectivity index (χ2v) is 7.34. The Balaban J connectivity index is 1.61. The Kier molecular flexibility index (Phi) is 7.91. The highest BCUT2D eigenvalue weighted by atomic mass is 19.1. The molecule has 0 atom stereocenters. The number of anilines is 1. The molecule has 0 radical (unpaired) electrons. The summed E-state index contributed by atoms with van der Waals surface area (Å²) in [6, 6.07) is 18.1. The molecule has 0 aliphatic carbocycles. The van der Waals surface area contributed by atoms with Gasteiger partial charge in [0.1, 0.15) is 5.75 Å². The third-order valence-corrected chi connectivity index (χ3v) is 4.62. The third-order valence-electron chi connectivity index (χ3n) is 4.62. The number of halogens is 1. The summed E-state index contributed by atoms with van der Waals surface area (Å²) in [6.07, 6.45) is 2.00. The van der Waals surface area contributed by atoms with Crippen LogP contribution in [0.5, 0.6) is 11.5 Å². The molecule has 6 nitrogen and oxygen atoms in total. The minimum atomic E-state index is -0.697. The van der Waals surface area contributed by atoms with Crippen LogP contribution in [-0.2, 0) is 0 Å². The van der Waals surface area contributed by atoms with Crippen LogP contribution in [-0.4, -0.2) is 26.7 Å². The van der Waals surface area contributed by atoms with E-state index in [2.05, 4.69) is 17.2 Å². The number of carbonyl (C=O) groups excluding carboxylic acids is 1. The first-order chi connectivity index (χ1) is 15.5. The molecule has 0 saturated carbocycles. The maximum Gasteiger partial charge on any atom is 0.343 e. The van der Waals surface area contributed by atoms with Crippen molar-refractivity contribution < 1.29 is 18.7 Å². The lowest BCUT2D eigenvalue weighted by Gasteiger charge is -2.11. The summed E-state index contributed by atoms with van der Waals surface area (Å²) in [5, 5.41) is 8.16. The van der Waals surface area contributed by atoms with Crippen LogP contribution in [0.15, 0.2) is 77.0 Å². The number of hydrogen-bond donors (Lipinski definition) is 0. The van der Waals surface area contributed by atoms with Gasteiger partial charge in [-0.15, -0.1) is 0 Å². The van der Waals surface area contributed by atoms with Crippen molar-refractivity contribution in [2.75, 3.05) is 25.6 Å². The van der Waals surface area contributed by atoms with Crippen molar-refractivity contribution in [3.63, 3.8) is 0 Å². The predicted octanol–water partition coefficient (Wildman–Crippen LogP) is 6.71. The molecule has 0 unspecified atom stereocenters. The van der Waals surface area contributed by atoms with Gasteiger partial charge in [-0.3, -0.25) is 0 Å². The van der Waals surface area contributed by atoms with Crippen LogP contribution in [0, 0.1) is 5.82 Å². The maximum absolute atomic E-state index is 14.4. The van der Waals surface area contributed by atoms with E-state index in [-0.39, 0.29) is 5.75 Å². The summed E-state index contributed by atoms with van der Waals surface area (Å²) in [7, 11) is 3.90. The van der Waals surface area contributed by atoms with E-state index in [0.29, 0.717) is 29.3 Å². The van der Waals surface area contributed by atoms with Crippen molar-refractivity contribution in [3.8, 4) is 11.5 Å². The summed E-state index contributed by atoms with van der Waals surface area (Å²) >= 11 is 0. The summed E-state index contributed by atoms with van der Waals surface area (Å²) in [4.78, 5) is 14.3. The molecule has 0 heterocycles. The second-order valence-electron chi connectivity index (χ2n) is 7.34. The van der Waals surface area contributed by atoms with Gasteiger partial charge >= 0.3 is 5.97 Å². The van der Waals surface area contributed by atoms with Gasteiger partial charge in [0.15, 0.2) is 11.6 Å². The quantitative estimate of drug-likeness (QED) is 0.162. The molecular formula is C25H26FN3O3. The van der Waals surface area contributed by atoms with E-state index in [4.69, 9.17) is 9.47 Å². The smallest absolute Gasteiger partial charge is 0.343 e. The topological polar surface area (TPSA) is 63.5 Å². The van der Waals surface area contributed by atoms with Crippen molar-refractivity contribution >= 4 is 23.0 Å². The molecule has 7 heteroatoms. The van der Waals surface area contributed by atoms with E-state index in [1.54, 1.807) is 24.3 Å². The van der Waals surface area contributed by atoms with E-state index in [9.17, 15) is 9.18 Å². The summed E-state index contributed by atoms with van der Waals surface area (Å²) in [6.45, 7) is 2.71. The van der Waals surface area contributed by atoms with E-state index >= 15 is 0 Å². The molecule has 32 heavy (non-hydrogen) atoms. The Labute approximate surface area is 187 Å². The lowest BCUT2D eigenvalue weighted by molar-refractivity contribution is 0.0728. The van der Waals surface area contributed by atoms with Crippen molar-refractivity contribution in [3.05, 3.63) is 78.1 Å². The van der Waals surface area contributed by atoms with E-state index in [0.717, 1.165) is 18.5 Å². The van der Waals surface area contributed by atoms with Gasteiger partial charge in [0.05, 0.1) is 23.5 Å². The van der Waals surface area contributed by atoms with Crippen LogP contribution in [0.2, 0.25) is 0 Å². The normalized spacial score (nSPS) is 10.9. The van der Waals surface area contributed by atoms with Crippen molar-refractivity contribution in [2.45, 2.75) is 19.8 Å². The van der Waals surface area contributed by atoms with Gasteiger partial charge in [0.2, 0.25) is 0 Å². The molecule has 0 saturated heterocycles. The highest BCUT2D eigenvalue weighted by Crippen LogP contribution is 2.26. The summed E-state index contributed by atoms with van der Waals surface area (Å²) in [5.41, 5.74) is 2.30. The molecule has 0 aromatic heterocycles. The fourth-order valence-electron chi connectivity index (χ4n) is 2.75. The molecule has 0 spiro atoms. The molecule has 0 aliphatic rings. The van der Waals surface area contributed by atoms with Crippen LogP contribution >= 0.6 is 0 Å². The summed E-state index contributed by atoms with van der Waals surface area (Å²) in [5.74, 6) is -0.851. The van der Waals surface area contributed by atoms with E-state index in [1.165, 1.54) is 18.2 Å². The first-order valence-electron chi connectivity index (χ1n) is 10.4. The average molecular weight is 435 g/mol. The number of carbonyl (C=O) groups is 1. The number of unbranched alkanes of at least 4 members (excludes halogenated alkanes) is 1. The maximum atomic E-state index is 14.4. The Hall–Kier alpha value is -3.74. The zero-order chi connectivity index (χ0) is 22.9. The Morgan fingerprint density at radius 3 is 2.22 bits per heavy atom. The molecule has 166 valence electrons. The van der Waals surface area contributed by atoms with Crippen molar-refractivity contribution in [1.29, 1.82) is 0 Å². The van der Waals surface area contributed by atoms with Gasteiger partial charge in [-0.05, 0) is 67.1 Å². The first-order valence-corrected chi connectivity index (χ1v) is 10.4. The lowest BCUT2D eigenvalue weighted by Crippen LogP contribution is -2.09. The predicted molar refractivity (Wildman–Crippen MR) is 123 cm³/mol. The molecular weight excluding hydrogens is 409 g/mol. The first kappa shape index (κ1) is 22.9. The van der Waals surface area contributed by atoms with Gasteiger partial charge in [0, 0.05) is 25.8 Å². The second kappa shape index (κ2) is 11.0. The molecule has 0 bridgehead atoms. The lowest BCUT2D eigenvalue weighted by atomic mass is 10.2. The van der Waals surface area contributed by atoms with E-state index < -0.39 is 11.8 Å². The minimum Gasteiger partial charge on any atom is -0.494 e. The Bertz CT molecular complexity index is 1060. The van der Waals surface area contributed by atoms with Crippen LogP contribution in [0.1, 0.15) is 30.1 Å². The number of esters is 1. The standard InChI is InChI=1S/C25H26FN3O3/c1-4-5-16-31-22-13-6-18(7-14-22)25(30)32-24-15-10-20(17-23(24)26)28-27-19-8-11-21(12-9-19)29(2)3/h6-15,17H,4-5,16H2,1-3H3. The number of benzene rings is 3. The number of azo groups is 1. The van der Waals surface area contributed by atoms with Gasteiger partial charge in [-0.2, -0.15) is 10.2 Å². The van der Waals surface area contributed by atoms with Crippen molar-refractivity contribution in [2.24, 2.45) is 10.2 Å². The molecule has 0 N–H and O–H groups in total. The van der Waals surface area contributed by atoms with Crippen LogP contribution in [0.4, 0.5) is 21.5 Å². The number of hydrogen-bond acceptors (Lipinski definition) is 6. The Morgan fingerprint density at radius 2 is 1.59 bits per heavy atom. The number of ether oxygens (including phenoxy) is 2. The highest BCUT2D eigenvalue weighted by Gasteiger charge is 2.13. The van der Waals surface area contributed by atoms with Crippen LogP contribution in [0.25, 0.3) is 0 Å². The zero-order valence-corrected chi connectivity index (χ0v) is 18.4. The number of nitrogens with zero attached hydrogens (tertiary/aromatic N) is 3. The molecule has 0 fully saturated rings. The van der Waals surface area contributed by atoms with Crippen molar-refractivity contribution in [1.82, 2.24) is 0 Å². The minimum absolute atomic E-state index is 0.174. The van der Waals surface area contributed by atoms with Crippen LogP contribution in [0.3, 0.4) is 0 Å². The number of rotatable bonds is 9. The van der Waals surface area contributed by atoms with Gasteiger partial charge in [-0.1, -0.05) is 13.3 Å². The van der Waals surface area contributed by atoms with Gasteiger partial charge < -0.3 is 14.4 Å². The molecule has 3 aromatic rings. The zero-order valence-electron chi connectivity index (χ0n) is 18.4. The van der Waals surface area contributed by atoms with Gasteiger partial charge in [0.25, 0.3) is 0 Å². The van der Waals surface area contributed by atoms with E-state index in [1.807, 2.05) is 43.3 Å². The average Bonchev–Trinajstić information content (AvgIpc) is 2.80. The molecule has 0 amide bonds. The fraction of sp³-hybridized carbons (Fsp3) is 0.240.